The van der Waals surface area contributed by atoms with Crippen LogP contribution in [0.2, 0.25) is 10.0 Å². The summed E-state index contributed by atoms with van der Waals surface area (Å²) in [6.45, 7) is 2.61. The van der Waals surface area contributed by atoms with Gasteiger partial charge in [-0.25, -0.2) is 9.96 Å². The van der Waals surface area contributed by atoms with Crippen LogP contribution in [0.25, 0.3) is 11.3 Å². The summed E-state index contributed by atoms with van der Waals surface area (Å²) in [5.74, 6) is -0.00157. The van der Waals surface area contributed by atoms with E-state index in [0.29, 0.717) is 50.9 Å². The van der Waals surface area contributed by atoms with Crippen molar-refractivity contribution in [2.75, 3.05) is 16.6 Å². The summed E-state index contributed by atoms with van der Waals surface area (Å²) in [5, 5.41) is 2.58. The van der Waals surface area contributed by atoms with Crippen LogP contribution in [0.1, 0.15) is 25.1 Å². The second kappa shape index (κ2) is 10.4. The number of amides is 2. The first-order valence-corrected chi connectivity index (χ1v) is 13.4. The number of benzene rings is 3. The van der Waals surface area contributed by atoms with Crippen molar-refractivity contribution >= 4 is 46.4 Å². The molecule has 6 rings (SSSR count). The Bertz CT molecular complexity index is 1520. The Kier molecular flexibility index (Phi) is 6.81. The first-order chi connectivity index (χ1) is 19.0. The molecule has 198 valence electrons. The summed E-state index contributed by atoms with van der Waals surface area (Å²) in [5.41, 5.74) is 1.78. The minimum absolute atomic E-state index is 0.366. The number of fused-ring (bicyclic) bond motifs is 1. The van der Waals surface area contributed by atoms with Crippen molar-refractivity contribution in [3.05, 3.63) is 101 Å². The van der Waals surface area contributed by atoms with Crippen LogP contribution in [-0.4, -0.2) is 24.5 Å². The van der Waals surface area contributed by atoms with E-state index in [0.717, 1.165) is 6.42 Å². The number of para-hydroxylation sites is 1. The monoisotopic (exact) mass is 562 g/mol. The quantitative estimate of drug-likeness (QED) is 0.224. The molecule has 4 aromatic rings. The van der Waals surface area contributed by atoms with Gasteiger partial charge in [-0.15, -0.1) is 0 Å². The number of imide groups is 1. The molecular weight excluding hydrogens is 539 g/mol. The number of hydrogen-bond acceptors (Lipinski definition) is 6. The number of hydroxylamine groups is 1. The number of nitrogens with zero attached hydrogens (tertiary/aromatic N) is 2. The van der Waals surface area contributed by atoms with Crippen molar-refractivity contribution in [3.8, 4) is 17.1 Å². The van der Waals surface area contributed by atoms with Gasteiger partial charge in [0.1, 0.15) is 29.2 Å². The van der Waals surface area contributed by atoms with E-state index >= 15 is 0 Å². The third kappa shape index (κ3) is 4.56. The van der Waals surface area contributed by atoms with Gasteiger partial charge in [-0.1, -0.05) is 48.3 Å². The molecule has 0 unspecified atom stereocenters. The van der Waals surface area contributed by atoms with Crippen molar-refractivity contribution < 1.29 is 23.6 Å². The molecule has 3 atom stereocenters. The van der Waals surface area contributed by atoms with Gasteiger partial charge in [0.15, 0.2) is 6.10 Å². The molecule has 0 aliphatic carbocycles. The van der Waals surface area contributed by atoms with Crippen LogP contribution in [0.5, 0.6) is 5.75 Å². The Morgan fingerprint density at radius 2 is 1.64 bits per heavy atom. The van der Waals surface area contributed by atoms with Gasteiger partial charge in [-0.3, -0.25) is 14.4 Å². The number of carbonyl (C=O) groups is 2. The fraction of sp³-hybridized carbons (Fsp3) is 0.200. The van der Waals surface area contributed by atoms with Gasteiger partial charge in [0, 0.05) is 10.6 Å². The normalized spacial score (nSPS) is 20.5. The summed E-state index contributed by atoms with van der Waals surface area (Å²) in [6.07, 6.45) is -0.134. The van der Waals surface area contributed by atoms with Gasteiger partial charge in [-0.2, -0.15) is 0 Å². The molecule has 39 heavy (non-hydrogen) atoms. The van der Waals surface area contributed by atoms with Crippen LogP contribution >= 0.6 is 23.2 Å². The Morgan fingerprint density at radius 3 is 2.38 bits per heavy atom. The zero-order valence-corrected chi connectivity index (χ0v) is 22.4. The fourth-order valence-electron chi connectivity index (χ4n) is 5.01. The molecule has 3 heterocycles. The number of ether oxygens (including phenoxy) is 1. The smallest absolute Gasteiger partial charge is 0.266 e. The predicted octanol–water partition coefficient (Wildman–Crippen LogP) is 7.09. The Morgan fingerprint density at radius 1 is 0.872 bits per heavy atom. The average Bonchev–Trinajstić information content (AvgIpc) is 3.65. The van der Waals surface area contributed by atoms with Crippen molar-refractivity contribution in [3.63, 3.8) is 0 Å². The van der Waals surface area contributed by atoms with Crippen LogP contribution in [0, 0.1) is 5.92 Å². The van der Waals surface area contributed by atoms with E-state index in [1.165, 1.54) is 4.90 Å². The molecule has 2 aliphatic heterocycles. The number of anilines is 2. The third-order valence-corrected chi connectivity index (χ3v) is 7.37. The summed E-state index contributed by atoms with van der Waals surface area (Å²) >= 11 is 12.6. The zero-order chi connectivity index (χ0) is 27.1. The lowest BCUT2D eigenvalue weighted by Gasteiger charge is -2.27. The molecule has 3 aromatic carbocycles. The van der Waals surface area contributed by atoms with Gasteiger partial charge in [-0.05, 0) is 73.2 Å². The second-order valence-corrected chi connectivity index (χ2v) is 10.2. The van der Waals surface area contributed by atoms with Crippen LogP contribution in [0.15, 0.2) is 89.3 Å². The minimum Gasteiger partial charge on any atom is -0.494 e. The van der Waals surface area contributed by atoms with Crippen LogP contribution in [-0.2, 0) is 14.4 Å². The predicted molar refractivity (Wildman–Crippen MR) is 149 cm³/mol. The van der Waals surface area contributed by atoms with E-state index in [1.54, 1.807) is 59.7 Å². The number of furan rings is 1. The lowest BCUT2D eigenvalue weighted by molar-refractivity contribution is -0.126. The highest BCUT2D eigenvalue weighted by molar-refractivity contribution is 6.35. The summed E-state index contributed by atoms with van der Waals surface area (Å²) < 4.78 is 11.9. The number of carbonyl (C=O) groups excluding carboxylic acids is 2. The van der Waals surface area contributed by atoms with E-state index in [2.05, 4.69) is 0 Å². The fourth-order valence-corrected chi connectivity index (χ4v) is 5.39. The standard InChI is InChI=1S/C30H24Cl2N2O5/c1-2-16-37-21-11-9-19(10-12-21)33-29(35)26-27(34(39-28(26)30(33)36)20-6-4-3-5-7-20)25-15-14-24(38-25)22-17-18(31)8-13-23(22)32/h3-15,17,26-28H,2,16H2,1H3/t26-,27-,28+/m1/s1. The lowest BCUT2D eigenvalue weighted by Crippen LogP contribution is -2.37. The maximum atomic E-state index is 13.9. The molecule has 2 fully saturated rings. The average molecular weight is 563 g/mol. The van der Waals surface area contributed by atoms with Gasteiger partial charge >= 0.3 is 0 Å². The maximum absolute atomic E-state index is 13.9. The molecule has 0 radical (unpaired) electrons. The summed E-state index contributed by atoms with van der Waals surface area (Å²) in [6, 6.07) is 24.2. The number of rotatable bonds is 7. The molecule has 9 heteroatoms. The first kappa shape index (κ1) is 25.5. The van der Waals surface area contributed by atoms with Crippen molar-refractivity contribution in [1.82, 2.24) is 0 Å². The number of halogens is 2. The van der Waals surface area contributed by atoms with Crippen molar-refractivity contribution in [2.45, 2.75) is 25.5 Å². The van der Waals surface area contributed by atoms with E-state index in [4.69, 9.17) is 37.2 Å². The maximum Gasteiger partial charge on any atom is 0.266 e. The Hall–Kier alpha value is -3.78. The zero-order valence-electron chi connectivity index (χ0n) is 20.9. The van der Waals surface area contributed by atoms with E-state index in [1.807, 2.05) is 37.3 Å². The molecule has 2 aliphatic rings. The molecule has 1 aromatic heterocycles. The van der Waals surface area contributed by atoms with Gasteiger partial charge < -0.3 is 9.15 Å². The third-order valence-electron chi connectivity index (χ3n) is 6.81. The van der Waals surface area contributed by atoms with E-state index in [9.17, 15) is 9.59 Å². The van der Waals surface area contributed by atoms with E-state index in [-0.39, 0.29) is 5.91 Å². The Balaban J connectivity index is 1.37. The van der Waals surface area contributed by atoms with Crippen LogP contribution in [0.3, 0.4) is 0 Å². The first-order valence-electron chi connectivity index (χ1n) is 12.6. The van der Waals surface area contributed by atoms with Crippen LogP contribution in [0.4, 0.5) is 11.4 Å². The highest BCUT2D eigenvalue weighted by Gasteiger charge is 2.61. The van der Waals surface area contributed by atoms with Gasteiger partial charge in [0.2, 0.25) is 5.91 Å². The Labute approximate surface area is 235 Å². The molecule has 7 nitrogen and oxygen atoms in total. The summed E-state index contributed by atoms with van der Waals surface area (Å²) in [7, 11) is 0. The van der Waals surface area contributed by atoms with Crippen molar-refractivity contribution in [2.24, 2.45) is 5.92 Å². The highest BCUT2D eigenvalue weighted by atomic mass is 35.5. The molecular formula is C30H24Cl2N2O5. The molecule has 2 saturated heterocycles. The topological polar surface area (TPSA) is 72.2 Å². The molecule has 0 bridgehead atoms. The second-order valence-electron chi connectivity index (χ2n) is 9.34. The lowest BCUT2D eigenvalue weighted by atomic mass is 9.94. The molecule has 0 N–H and O–H groups in total. The minimum atomic E-state index is -1.01. The molecule has 0 spiro atoms. The van der Waals surface area contributed by atoms with E-state index < -0.39 is 24.0 Å². The van der Waals surface area contributed by atoms with Gasteiger partial charge in [0.25, 0.3) is 5.91 Å². The SMILES string of the molecule is CCCOc1ccc(N2C(=O)[C@H]3[C@H](ON(c4ccccc4)[C@@H]3c3ccc(-c4cc(Cl)ccc4Cl)o3)C2=O)cc1. The largest absolute Gasteiger partial charge is 0.494 e. The highest BCUT2D eigenvalue weighted by Crippen LogP contribution is 2.48. The van der Waals surface area contributed by atoms with Crippen LogP contribution < -0.4 is 14.7 Å². The number of hydrogen-bond donors (Lipinski definition) is 0. The van der Waals surface area contributed by atoms with Crippen molar-refractivity contribution in [1.29, 1.82) is 0 Å². The molecule has 2 amide bonds. The summed E-state index contributed by atoms with van der Waals surface area (Å²) in [4.78, 5) is 34.8. The molecule has 0 saturated carbocycles. The van der Waals surface area contributed by atoms with Gasteiger partial charge in [0.05, 0.1) is 23.0 Å².